The van der Waals surface area contributed by atoms with E-state index in [-0.39, 0.29) is 23.8 Å². The molecule has 0 radical (unpaired) electrons. The highest BCUT2D eigenvalue weighted by molar-refractivity contribution is 7.94. The summed E-state index contributed by atoms with van der Waals surface area (Å²) >= 11 is 0. The van der Waals surface area contributed by atoms with E-state index in [9.17, 15) is 18.0 Å². The Morgan fingerprint density at radius 2 is 1.65 bits per heavy atom. The SMILES string of the molecule is Cc1ccc(NS(=O)(=O)N2c3ccccc3C(=O)CC2c2ccccc2C(=O)N(C)C)cc1C. The summed E-state index contributed by atoms with van der Waals surface area (Å²) in [5.41, 5.74) is 3.88. The molecule has 0 saturated heterocycles. The third-order valence-corrected chi connectivity index (χ3v) is 7.54. The number of ketones is 1. The summed E-state index contributed by atoms with van der Waals surface area (Å²) in [5.74, 6) is -0.438. The van der Waals surface area contributed by atoms with Crippen LogP contribution in [0.15, 0.2) is 66.7 Å². The van der Waals surface area contributed by atoms with Crippen LogP contribution in [0.5, 0.6) is 0 Å². The van der Waals surface area contributed by atoms with Gasteiger partial charge < -0.3 is 4.90 Å². The van der Waals surface area contributed by atoms with Crippen molar-refractivity contribution in [1.29, 1.82) is 0 Å². The van der Waals surface area contributed by atoms with Crippen molar-refractivity contribution in [2.45, 2.75) is 26.3 Å². The summed E-state index contributed by atoms with van der Waals surface area (Å²) in [7, 11) is -0.886. The molecule has 0 bridgehead atoms. The molecule has 1 aliphatic heterocycles. The number of hydrogen-bond acceptors (Lipinski definition) is 4. The molecule has 1 atom stereocenters. The van der Waals surface area contributed by atoms with Gasteiger partial charge in [0.05, 0.1) is 17.4 Å². The summed E-state index contributed by atoms with van der Waals surface area (Å²) in [6.45, 7) is 3.86. The van der Waals surface area contributed by atoms with E-state index in [1.165, 1.54) is 9.21 Å². The van der Waals surface area contributed by atoms with Crippen molar-refractivity contribution in [3.05, 3.63) is 94.5 Å². The summed E-state index contributed by atoms with van der Waals surface area (Å²) in [4.78, 5) is 27.4. The van der Waals surface area contributed by atoms with Crippen LogP contribution in [0.2, 0.25) is 0 Å². The van der Waals surface area contributed by atoms with E-state index in [1.807, 2.05) is 19.9 Å². The normalized spacial score (nSPS) is 15.6. The van der Waals surface area contributed by atoms with Gasteiger partial charge in [0, 0.05) is 31.6 Å². The van der Waals surface area contributed by atoms with Gasteiger partial charge in [-0.3, -0.25) is 14.3 Å². The molecule has 0 aromatic heterocycles. The lowest BCUT2D eigenvalue weighted by molar-refractivity contribution is 0.0824. The first-order chi connectivity index (χ1) is 16.1. The number of benzene rings is 3. The number of amides is 1. The molecule has 1 N–H and O–H groups in total. The van der Waals surface area contributed by atoms with Crippen LogP contribution in [-0.4, -0.2) is 39.1 Å². The van der Waals surface area contributed by atoms with Gasteiger partial charge in [-0.15, -0.1) is 0 Å². The highest BCUT2D eigenvalue weighted by atomic mass is 32.2. The largest absolute Gasteiger partial charge is 0.345 e. The average molecular weight is 478 g/mol. The van der Waals surface area contributed by atoms with Gasteiger partial charge in [0.25, 0.3) is 5.91 Å². The zero-order chi connectivity index (χ0) is 24.6. The van der Waals surface area contributed by atoms with E-state index in [2.05, 4.69) is 4.72 Å². The Bertz CT molecular complexity index is 1380. The van der Waals surface area contributed by atoms with Crippen LogP contribution in [0.25, 0.3) is 0 Å². The molecule has 1 unspecified atom stereocenters. The average Bonchev–Trinajstić information content (AvgIpc) is 2.80. The molecule has 4 rings (SSSR count). The van der Waals surface area contributed by atoms with Crippen molar-refractivity contribution in [2.24, 2.45) is 0 Å². The fraction of sp³-hybridized carbons (Fsp3) is 0.231. The Labute approximate surface area is 200 Å². The first-order valence-electron chi connectivity index (χ1n) is 10.9. The molecule has 1 amide bonds. The van der Waals surface area contributed by atoms with Crippen LogP contribution in [0.4, 0.5) is 11.4 Å². The zero-order valence-corrected chi connectivity index (χ0v) is 20.4. The molecule has 0 fully saturated rings. The van der Waals surface area contributed by atoms with E-state index < -0.39 is 16.3 Å². The van der Waals surface area contributed by atoms with Crippen molar-refractivity contribution in [3.63, 3.8) is 0 Å². The Balaban J connectivity index is 1.88. The van der Waals surface area contributed by atoms with E-state index >= 15 is 0 Å². The molecule has 0 spiro atoms. The lowest BCUT2D eigenvalue weighted by atomic mass is 9.89. The Morgan fingerprint density at radius 1 is 0.971 bits per heavy atom. The molecule has 8 heteroatoms. The molecule has 0 saturated carbocycles. The molecule has 1 heterocycles. The summed E-state index contributed by atoms with van der Waals surface area (Å²) < 4.78 is 31.6. The van der Waals surface area contributed by atoms with Gasteiger partial charge in [-0.05, 0) is 60.9 Å². The number of hydrogen-bond donors (Lipinski definition) is 1. The molecular formula is C26H27N3O4S. The monoisotopic (exact) mass is 477 g/mol. The summed E-state index contributed by atoms with van der Waals surface area (Å²) in [6, 6.07) is 17.9. The van der Waals surface area contributed by atoms with Gasteiger partial charge in [0.2, 0.25) is 0 Å². The number of nitrogens with one attached hydrogen (secondary N) is 1. The highest BCUT2D eigenvalue weighted by Crippen LogP contribution is 2.42. The lowest BCUT2D eigenvalue weighted by Gasteiger charge is -2.38. The molecule has 176 valence electrons. The number of carbonyl (C=O) groups is 2. The minimum atomic E-state index is -4.16. The second-order valence-electron chi connectivity index (χ2n) is 8.65. The van der Waals surface area contributed by atoms with Crippen LogP contribution < -0.4 is 9.03 Å². The van der Waals surface area contributed by atoms with Crippen molar-refractivity contribution in [2.75, 3.05) is 23.1 Å². The topological polar surface area (TPSA) is 86.8 Å². The smallest absolute Gasteiger partial charge is 0.324 e. The number of rotatable bonds is 5. The number of aryl methyl sites for hydroxylation is 2. The van der Waals surface area contributed by atoms with Gasteiger partial charge in [0.1, 0.15) is 0 Å². The van der Waals surface area contributed by atoms with Crippen molar-refractivity contribution in [3.8, 4) is 0 Å². The maximum atomic E-state index is 13.8. The number of nitrogens with zero attached hydrogens (tertiary/aromatic N) is 2. The third-order valence-electron chi connectivity index (χ3n) is 6.07. The minimum absolute atomic E-state index is 0.0808. The van der Waals surface area contributed by atoms with Gasteiger partial charge in [-0.25, -0.2) is 4.31 Å². The Morgan fingerprint density at radius 3 is 2.35 bits per heavy atom. The molecule has 3 aromatic carbocycles. The molecule has 34 heavy (non-hydrogen) atoms. The second kappa shape index (κ2) is 8.95. The first-order valence-corrected chi connectivity index (χ1v) is 12.4. The molecule has 0 aliphatic carbocycles. The Kier molecular flexibility index (Phi) is 6.18. The quantitative estimate of drug-likeness (QED) is 0.586. The maximum Gasteiger partial charge on any atom is 0.324 e. The van der Waals surface area contributed by atoms with E-state index in [0.29, 0.717) is 22.4 Å². The van der Waals surface area contributed by atoms with E-state index in [4.69, 9.17) is 0 Å². The van der Waals surface area contributed by atoms with Crippen molar-refractivity contribution < 1.29 is 18.0 Å². The van der Waals surface area contributed by atoms with Gasteiger partial charge >= 0.3 is 10.2 Å². The van der Waals surface area contributed by atoms with Crippen LogP contribution in [0.1, 0.15) is 49.9 Å². The van der Waals surface area contributed by atoms with Crippen LogP contribution in [0.3, 0.4) is 0 Å². The number of carbonyl (C=O) groups excluding carboxylic acids is 2. The van der Waals surface area contributed by atoms with Gasteiger partial charge in [-0.1, -0.05) is 36.4 Å². The van der Waals surface area contributed by atoms with Crippen LogP contribution in [-0.2, 0) is 10.2 Å². The lowest BCUT2D eigenvalue weighted by Crippen LogP contribution is -2.44. The fourth-order valence-corrected chi connectivity index (χ4v) is 5.66. The first kappa shape index (κ1) is 23.5. The predicted molar refractivity (Wildman–Crippen MR) is 134 cm³/mol. The molecular weight excluding hydrogens is 450 g/mol. The maximum absolute atomic E-state index is 13.8. The number of Topliss-reactive ketones (excluding diaryl/α,β-unsaturated/α-hetero) is 1. The van der Waals surface area contributed by atoms with Crippen molar-refractivity contribution in [1.82, 2.24) is 4.90 Å². The van der Waals surface area contributed by atoms with Crippen LogP contribution >= 0.6 is 0 Å². The van der Waals surface area contributed by atoms with Gasteiger partial charge in [0.15, 0.2) is 5.78 Å². The van der Waals surface area contributed by atoms with E-state index in [1.54, 1.807) is 74.8 Å². The van der Waals surface area contributed by atoms with E-state index in [0.717, 1.165) is 11.1 Å². The summed E-state index contributed by atoms with van der Waals surface area (Å²) in [5, 5.41) is 0. The van der Waals surface area contributed by atoms with Gasteiger partial charge in [-0.2, -0.15) is 8.42 Å². The number of anilines is 2. The minimum Gasteiger partial charge on any atom is -0.345 e. The van der Waals surface area contributed by atoms with Crippen LogP contribution in [0, 0.1) is 13.8 Å². The zero-order valence-electron chi connectivity index (χ0n) is 19.6. The predicted octanol–water partition coefficient (Wildman–Crippen LogP) is 4.50. The third kappa shape index (κ3) is 4.28. The van der Waals surface area contributed by atoms with Crippen molar-refractivity contribution >= 4 is 33.3 Å². The summed E-state index contributed by atoms with van der Waals surface area (Å²) in [6.07, 6.45) is -0.0808. The Hall–Kier alpha value is -3.65. The highest BCUT2D eigenvalue weighted by Gasteiger charge is 2.40. The second-order valence-corrected chi connectivity index (χ2v) is 10.2. The molecule has 7 nitrogen and oxygen atoms in total. The molecule has 3 aromatic rings. The molecule has 1 aliphatic rings. The standard InChI is InChI=1S/C26H27N3O4S/c1-17-13-14-19(15-18(17)2)27-34(32,33)29-23-12-8-7-11-22(23)25(30)16-24(29)20-9-5-6-10-21(20)26(31)28(3)4/h5-15,24,27H,16H2,1-4H3. The number of fused-ring (bicyclic) bond motifs is 1. The fourth-order valence-electron chi connectivity index (χ4n) is 4.20. The number of para-hydroxylation sites is 1.